The average Bonchev–Trinajstić information content (AvgIpc) is 0.811. The van der Waals surface area contributed by atoms with E-state index < -0.39 is 0 Å². The summed E-state index contributed by atoms with van der Waals surface area (Å²) in [5.41, 5.74) is 9.55. The zero-order valence-corrected chi connectivity index (χ0v) is 85.8. The van der Waals surface area contributed by atoms with Gasteiger partial charge in [-0.3, -0.25) is 29.4 Å². The van der Waals surface area contributed by atoms with E-state index >= 15 is 0 Å². The first kappa shape index (κ1) is 107. The molecular formula is C108H150Cl2F2I2N12. The van der Waals surface area contributed by atoms with Crippen LogP contribution < -0.4 is 0 Å². The van der Waals surface area contributed by atoms with Gasteiger partial charge in [0.2, 0.25) is 39.3 Å². The molecule has 0 radical (unpaired) electrons. The van der Waals surface area contributed by atoms with Crippen molar-refractivity contribution in [1.82, 2.24) is 29.4 Å². The number of hydrogen-bond acceptors (Lipinski definition) is 6. The summed E-state index contributed by atoms with van der Waals surface area (Å²) in [5, 5.41) is 1.66. The van der Waals surface area contributed by atoms with Gasteiger partial charge >= 0.3 is 0 Å². The van der Waals surface area contributed by atoms with Crippen LogP contribution in [0.25, 0.3) is 29.1 Å². The third-order valence-corrected chi connectivity index (χ3v) is 32.6. The Hall–Kier alpha value is -6.08. The monoisotopic (exact) mass is 1980 g/mol. The summed E-state index contributed by atoms with van der Waals surface area (Å²) in [4.78, 5) is 37.2. The van der Waals surface area contributed by atoms with Crippen molar-refractivity contribution in [2.24, 2.45) is 65.0 Å². The molecule has 126 heavy (non-hydrogen) atoms. The molecule has 0 aliphatic carbocycles. The maximum absolute atomic E-state index is 13.2. The summed E-state index contributed by atoms with van der Waals surface area (Å²) >= 11 is 17.0. The molecule has 0 aromatic heterocycles. The highest BCUT2D eigenvalue weighted by atomic mass is 127. The second kappa shape index (κ2) is 47.8. The van der Waals surface area contributed by atoms with Crippen molar-refractivity contribution in [3.63, 3.8) is 0 Å². The van der Waals surface area contributed by atoms with Crippen molar-refractivity contribution in [2.45, 2.75) is 241 Å². The highest BCUT2D eigenvalue weighted by Gasteiger charge is 2.52. The predicted molar refractivity (Wildman–Crippen MR) is 541 cm³/mol. The quantitative estimate of drug-likeness (QED) is 0.0631. The largest absolute Gasteiger partial charge is 0.316 e. The Labute approximate surface area is 800 Å². The van der Waals surface area contributed by atoms with Crippen LogP contribution in [0.5, 0.6) is 0 Å². The lowest BCUT2D eigenvalue weighted by molar-refractivity contribution is 0.0173. The lowest BCUT2D eigenvalue weighted by Gasteiger charge is -2.46. The molecule has 6 aliphatic heterocycles. The molecule has 6 fully saturated rings. The molecule has 12 rings (SSSR count). The molecule has 6 aliphatic rings. The first-order valence-corrected chi connectivity index (χ1v) is 48.9. The van der Waals surface area contributed by atoms with Crippen LogP contribution in [0.1, 0.15) is 235 Å². The molecule has 0 bridgehead atoms. The Morgan fingerprint density at radius 1 is 0.278 bits per heavy atom. The molecule has 6 aromatic rings. The molecular weight excluding hydrogens is 1830 g/mol. The fourth-order valence-corrected chi connectivity index (χ4v) is 21.2. The summed E-state index contributed by atoms with van der Waals surface area (Å²) in [6.45, 7) is 107. The second-order valence-corrected chi connectivity index (χ2v) is 46.8. The summed E-state index contributed by atoms with van der Waals surface area (Å²) in [7, 11) is 0. The fourth-order valence-electron chi connectivity index (χ4n) is 19.9. The van der Waals surface area contributed by atoms with Crippen LogP contribution >= 0.6 is 68.4 Å². The van der Waals surface area contributed by atoms with E-state index in [0.717, 1.165) is 216 Å². The Morgan fingerprint density at radius 3 is 0.802 bits per heavy atom. The minimum absolute atomic E-state index is 0.118. The highest BCUT2D eigenvalue weighted by Crippen LogP contribution is 2.53. The van der Waals surface area contributed by atoms with E-state index in [0.29, 0.717) is 39.3 Å². The van der Waals surface area contributed by atoms with Crippen molar-refractivity contribution in [3.8, 4) is 0 Å². The van der Waals surface area contributed by atoms with Crippen molar-refractivity contribution < 1.29 is 8.78 Å². The maximum atomic E-state index is 13.2. The summed E-state index contributed by atoms with van der Waals surface area (Å²) in [6, 6.07) is 47.4. The number of halogens is 6. The number of benzene rings is 6. The van der Waals surface area contributed by atoms with Crippen molar-refractivity contribution in [1.29, 1.82) is 0 Å². The molecule has 12 nitrogen and oxygen atoms in total. The molecule has 0 saturated carbocycles. The third-order valence-electron chi connectivity index (χ3n) is 30.6. The van der Waals surface area contributed by atoms with Crippen LogP contribution in [0, 0.1) is 123 Å². The zero-order valence-electron chi connectivity index (χ0n) is 79.9. The second-order valence-electron chi connectivity index (χ2n) is 43.5. The van der Waals surface area contributed by atoms with E-state index in [2.05, 4.69) is 289 Å². The zero-order chi connectivity index (χ0) is 93.1. The normalized spacial score (nSPS) is 19.2. The number of nitrogens with zero attached hydrogens (tertiary/aromatic N) is 12. The Bertz CT molecular complexity index is 4260. The van der Waals surface area contributed by atoms with Gasteiger partial charge in [-0.05, 0) is 333 Å². The molecule has 6 heterocycles. The minimum atomic E-state index is -0.179. The molecule has 0 atom stereocenters. The first-order chi connectivity index (χ1) is 59.2. The van der Waals surface area contributed by atoms with Gasteiger partial charge in [0.1, 0.15) is 11.6 Å². The molecule has 6 aromatic carbocycles. The standard InChI is InChI=1S/2C18H25ClN2.2C18H25FN2.2C18H25IN2/c1-17(2,3)18(14-20-4)8-10-21(11-9-18)13-15-6-5-7-16(19)12-15;1-17(2,3)18(14-20-4)9-11-21(12-10-18)13-15-7-5-6-8-16(15)19;1-17(2,3)18(14-20-4)9-11-21(12-10-18)13-15-5-7-16(19)8-6-15;1-17(2,3)18(14-20-4)8-10-21(11-9-18)13-15-6-5-7-16(19)12-15;1-17(2,3)18(14-20-4)9-11-21(12-10-18)13-15-5-7-16(19)8-6-15;1-17(2,3)18(14-20-4)8-10-21(11-9-18)13-15-6-5-7-16(19)12-15/h5-7,12H,8-11,13-14H2,1-3H3;2*5-8H,9-14H2,1-3H3;5-7,12H,8-11,13-14H2,1-3H3;5-8H,9-14H2,1-3H3;5-7,12H,8-11,13-14H2,1-3H3. The van der Waals surface area contributed by atoms with Crippen LogP contribution in [-0.2, 0) is 39.3 Å². The molecule has 0 N–H and O–H groups in total. The van der Waals surface area contributed by atoms with E-state index in [1.807, 2.05) is 54.6 Å². The van der Waals surface area contributed by atoms with Crippen LogP contribution in [0.3, 0.4) is 0 Å². The van der Waals surface area contributed by atoms with E-state index in [1.54, 1.807) is 12.1 Å². The van der Waals surface area contributed by atoms with Crippen molar-refractivity contribution in [2.75, 3.05) is 118 Å². The first-order valence-electron chi connectivity index (χ1n) is 46.0. The average molecular weight is 1980 g/mol. The molecule has 0 spiro atoms. The van der Waals surface area contributed by atoms with Gasteiger partial charge in [-0.25, -0.2) is 48.2 Å². The van der Waals surface area contributed by atoms with Crippen LogP contribution in [0.4, 0.5) is 8.78 Å². The van der Waals surface area contributed by atoms with Gasteiger partial charge in [-0.2, -0.15) is 0 Å². The van der Waals surface area contributed by atoms with Crippen LogP contribution in [-0.4, -0.2) is 147 Å². The fraction of sp³-hybridized carbons (Fsp3) is 0.611. The molecule has 6 saturated heterocycles. The summed E-state index contributed by atoms with van der Waals surface area (Å²) in [6.07, 6.45) is 13.2. The number of piperidine rings is 6. The van der Waals surface area contributed by atoms with Gasteiger partial charge in [-0.15, -0.1) is 0 Å². The molecule has 0 unspecified atom stereocenters. The van der Waals surface area contributed by atoms with Gasteiger partial charge in [0.15, 0.2) is 0 Å². The van der Waals surface area contributed by atoms with E-state index in [1.165, 1.54) is 47.6 Å². The highest BCUT2D eigenvalue weighted by molar-refractivity contribution is 14.1. The van der Waals surface area contributed by atoms with Gasteiger partial charge in [0.05, 0.1) is 0 Å². The predicted octanol–water partition coefficient (Wildman–Crippen LogP) is 28.2. The van der Waals surface area contributed by atoms with Crippen LogP contribution in [0.2, 0.25) is 10.0 Å². The Kier molecular flexibility index (Phi) is 40.6. The van der Waals surface area contributed by atoms with Gasteiger partial charge in [0.25, 0.3) is 0 Å². The number of hydrogen-bond donors (Lipinski definition) is 0. The lowest BCUT2D eigenvalue weighted by atomic mass is 9.61. The van der Waals surface area contributed by atoms with Crippen LogP contribution in [0.15, 0.2) is 146 Å². The number of likely N-dealkylation sites (tertiary alicyclic amines) is 6. The lowest BCUT2D eigenvalue weighted by Crippen LogP contribution is -2.47. The summed E-state index contributed by atoms with van der Waals surface area (Å²) < 4.78 is 28.8. The molecule has 0 amide bonds. The topological polar surface area (TPSA) is 45.6 Å². The third kappa shape index (κ3) is 30.8. The summed E-state index contributed by atoms with van der Waals surface area (Å²) in [5.74, 6) is -0.345. The van der Waals surface area contributed by atoms with E-state index in [4.69, 9.17) is 62.6 Å². The SMILES string of the molecule is [C-]#[N+]CC1(C(C)(C)C)CCN(Cc2ccc(F)cc2)CC1.[C-]#[N+]CC1(C(C)(C)C)CCN(Cc2ccc(I)cc2)CC1.[C-]#[N+]CC1(C(C)(C)C)CCN(Cc2cccc(Cl)c2)CC1.[C-]#[N+]CC1(C(C)(C)C)CCN(Cc2cccc(F)c2)CC1.[C-]#[N+]CC1(C(C)(C)C)CCN(Cc2cccc(I)c2)CC1.[C-]#[N+]CC1(C(C)(C)C)CCN(Cc2ccccc2Cl)CC1. The van der Waals surface area contributed by atoms with Crippen molar-refractivity contribution >= 4 is 68.4 Å². The van der Waals surface area contributed by atoms with Gasteiger partial charge in [0, 0.05) is 88.9 Å². The van der Waals surface area contributed by atoms with Crippen molar-refractivity contribution in [3.05, 3.63) is 276 Å². The minimum Gasteiger partial charge on any atom is -0.316 e. The molecule has 684 valence electrons. The van der Waals surface area contributed by atoms with Gasteiger partial charge in [-0.1, -0.05) is 227 Å². The smallest absolute Gasteiger partial charge is 0.220 e. The van der Waals surface area contributed by atoms with E-state index in [-0.39, 0.29) is 76.6 Å². The maximum Gasteiger partial charge on any atom is 0.220 e. The van der Waals surface area contributed by atoms with E-state index in [9.17, 15) is 8.78 Å². The Morgan fingerprint density at radius 2 is 0.532 bits per heavy atom. The molecule has 18 heteroatoms. The van der Waals surface area contributed by atoms with Gasteiger partial charge < -0.3 is 29.1 Å². The number of rotatable bonds is 18. The Balaban J connectivity index is 0.000000207.